The van der Waals surface area contributed by atoms with E-state index in [4.69, 9.17) is 26.3 Å². The third-order valence-electron chi connectivity index (χ3n) is 5.65. The number of hydrogen-bond acceptors (Lipinski definition) is 5. The topological polar surface area (TPSA) is 75.9 Å². The van der Waals surface area contributed by atoms with Crippen LogP contribution in [0.1, 0.15) is 51.7 Å². The molecule has 0 bridgehead atoms. The van der Waals surface area contributed by atoms with E-state index >= 15 is 0 Å². The van der Waals surface area contributed by atoms with Crippen molar-refractivity contribution in [3.8, 4) is 11.3 Å². The predicted octanol–water partition coefficient (Wildman–Crippen LogP) is 3.22. The van der Waals surface area contributed by atoms with E-state index in [0.717, 1.165) is 18.4 Å². The highest BCUT2D eigenvalue weighted by Gasteiger charge is 2.39. The van der Waals surface area contributed by atoms with Gasteiger partial charge in [-0.3, -0.25) is 9.59 Å². The molecule has 2 aliphatic heterocycles. The lowest BCUT2D eigenvalue weighted by atomic mass is 10.0. The third-order valence-corrected chi connectivity index (χ3v) is 5.95. The van der Waals surface area contributed by atoms with Crippen LogP contribution < -0.4 is 0 Å². The van der Waals surface area contributed by atoms with Crippen molar-refractivity contribution in [1.82, 2.24) is 15.0 Å². The number of aromatic nitrogens is 1. The first-order valence-electron chi connectivity index (χ1n) is 11.5. The highest BCUT2D eigenvalue weighted by atomic mass is 35.5. The largest absolute Gasteiger partial charge is 0.378 e. The molecule has 1 saturated heterocycles. The molecule has 0 radical (unpaired) electrons. The van der Waals surface area contributed by atoms with Crippen LogP contribution in [0.4, 0.5) is 0 Å². The normalized spacial score (nSPS) is 25.7. The molecule has 2 amide bonds. The Bertz CT molecular complexity index is 1130. The van der Waals surface area contributed by atoms with Gasteiger partial charge in [-0.15, -0.1) is 0 Å². The van der Waals surface area contributed by atoms with Crippen LogP contribution in [0.25, 0.3) is 11.3 Å². The van der Waals surface area contributed by atoms with Crippen LogP contribution in [-0.2, 0) is 11.3 Å². The highest BCUT2D eigenvalue weighted by Crippen LogP contribution is 2.40. The predicted molar refractivity (Wildman–Crippen MR) is 106 cm³/mol. The van der Waals surface area contributed by atoms with Gasteiger partial charge in [0.2, 0.25) is 0 Å². The quantitative estimate of drug-likeness (QED) is 0.760. The average Bonchev–Trinajstić information content (AvgIpc) is 3.34. The minimum Gasteiger partial charge on any atom is -0.378 e. The molecule has 0 unspecified atom stereocenters. The molecule has 1 saturated carbocycles. The second-order valence-corrected chi connectivity index (χ2v) is 7.94. The Morgan fingerprint density at radius 1 is 1.31 bits per heavy atom. The summed E-state index contributed by atoms with van der Waals surface area (Å²) in [5.74, 6) is -0.313. The number of carbonyl (C=O) groups excluding carboxylic acids is 2. The zero-order valence-electron chi connectivity index (χ0n) is 19.8. The summed E-state index contributed by atoms with van der Waals surface area (Å²) in [5, 5.41) is 4.03. The SMILES string of the molecule is [2H]C1([2H])COCC([2H])([2H])N1C(=O)c1cc(-c2cc(Cl)c3c(c2)CN([C@@H](C)C2CC2)C3=O)on1. The number of nitrogens with zero attached hydrogens (tertiary/aromatic N) is 3. The first kappa shape index (κ1) is 14.6. The maximum absolute atomic E-state index is 13.0. The first-order valence-corrected chi connectivity index (χ1v) is 9.90. The Morgan fingerprint density at radius 2 is 2.07 bits per heavy atom. The van der Waals surface area contributed by atoms with Gasteiger partial charge in [-0.05, 0) is 43.4 Å². The number of halogens is 1. The summed E-state index contributed by atoms with van der Waals surface area (Å²) < 4.78 is 42.3. The van der Waals surface area contributed by atoms with Crippen molar-refractivity contribution in [2.45, 2.75) is 32.4 Å². The van der Waals surface area contributed by atoms with Crippen LogP contribution in [0.15, 0.2) is 22.7 Å². The molecule has 29 heavy (non-hydrogen) atoms. The minimum absolute atomic E-state index is 0.0915. The van der Waals surface area contributed by atoms with Crippen LogP contribution in [0.5, 0.6) is 0 Å². The van der Waals surface area contributed by atoms with Crippen molar-refractivity contribution in [3.05, 3.63) is 40.0 Å². The molecule has 3 heterocycles. The van der Waals surface area contributed by atoms with E-state index in [0.29, 0.717) is 28.5 Å². The molecule has 8 heteroatoms. The fourth-order valence-electron chi connectivity index (χ4n) is 3.83. The monoisotopic (exact) mass is 419 g/mol. The number of hydrogen-bond donors (Lipinski definition) is 0. The van der Waals surface area contributed by atoms with Gasteiger partial charge in [0.25, 0.3) is 11.8 Å². The summed E-state index contributed by atoms with van der Waals surface area (Å²) in [7, 11) is 0. The number of ether oxygens (including phenoxy) is 1. The first-order chi connectivity index (χ1) is 15.5. The summed E-state index contributed by atoms with van der Waals surface area (Å²) >= 11 is 6.45. The van der Waals surface area contributed by atoms with Crippen molar-refractivity contribution in [2.24, 2.45) is 5.92 Å². The Kier molecular flexibility index (Phi) is 3.59. The van der Waals surface area contributed by atoms with Gasteiger partial charge in [0.1, 0.15) is 0 Å². The average molecular weight is 420 g/mol. The van der Waals surface area contributed by atoms with Gasteiger partial charge < -0.3 is 19.1 Å². The molecule has 0 spiro atoms. The van der Waals surface area contributed by atoms with Crippen LogP contribution in [0.3, 0.4) is 0 Å². The van der Waals surface area contributed by atoms with E-state index in [1.54, 1.807) is 12.1 Å². The van der Waals surface area contributed by atoms with Crippen molar-refractivity contribution >= 4 is 23.4 Å². The molecule has 1 atom stereocenters. The molecule has 0 N–H and O–H groups in total. The fraction of sp³-hybridized carbons (Fsp3) is 0.476. The third kappa shape index (κ3) is 3.32. The Balaban J connectivity index is 1.43. The Labute approximate surface area is 179 Å². The Hall–Kier alpha value is -2.38. The minimum atomic E-state index is -2.35. The summed E-state index contributed by atoms with van der Waals surface area (Å²) in [5.41, 5.74) is 1.52. The summed E-state index contributed by atoms with van der Waals surface area (Å²) in [6.07, 6.45) is 2.24. The van der Waals surface area contributed by atoms with Crippen molar-refractivity contribution in [2.75, 3.05) is 26.2 Å². The lowest BCUT2D eigenvalue weighted by molar-refractivity contribution is 0.0296. The van der Waals surface area contributed by atoms with Crippen molar-refractivity contribution in [1.29, 1.82) is 0 Å². The number of morpholine rings is 1. The molecule has 1 aliphatic carbocycles. The smallest absolute Gasteiger partial charge is 0.276 e. The maximum atomic E-state index is 13.0. The number of carbonyl (C=O) groups is 2. The van der Waals surface area contributed by atoms with Crippen LogP contribution in [-0.4, -0.2) is 59.0 Å². The number of fused-ring (bicyclic) bond motifs is 1. The molecule has 5 rings (SSSR count). The van der Waals surface area contributed by atoms with E-state index in [1.165, 1.54) is 6.07 Å². The van der Waals surface area contributed by atoms with Gasteiger partial charge in [0, 0.05) is 37.2 Å². The zero-order chi connectivity index (χ0) is 23.7. The van der Waals surface area contributed by atoms with Crippen molar-refractivity contribution in [3.63, 3.8) is 0 Å². The lowest BCUT2D eigenvalue weighted by Gasteiger charge is -2.25. The molecule has 2 aromatic rings. The van der Waals surface area contributed by atoms with Crippen LogP contribution in [0.2, 0.25) is 5.02 Å². The number of amides is 2. The zero-order valence-corrected chi connectivity index (χ0v) is 16.5. The summed E-state index contributed by atoms with van der Waals surface area (Å²) in [4.78, 5) is 28.2. The van der Waals surface area contributed by atoms with Gasteiger partial charge in [-0.1, -0.05) is 16.8 Å². The number of benzene rings is 1. The maximum Gasteiger partial charge on any atom is 0.276 e. The standard InChI is InChI=1S/C21H22ClN3O4/c1-12(13-2-3-13)25-11-15-8-14(9-16(22)19(15)21(25)27)18-10-17(23-29-18)20(26)24-4-6-28-7-5-24/h8-10,12-13H,2-7,11H2,1H3/t12-/m0/s1/i4D2,5D2. The molecule has 7 nitrogen and oxygen atoms in total. The Morgan fingerprint density at radius 3 is 2.79 bits per heavy atom. The molecular weight excluding hydrogens is 394 g/mol. The number of rotatable bonds is 4. The highest BCUT2D eigenvalue weighted by molar-refractivity contribution is 6.34. The van der Waals surface area contributed by atoms with E-state index in [2.05, 4.69) is 5.16 Å². The molecule has 152 valence electrons. The van der Waals surface area contributed by atoms with Gasteiger partial charge in [0.15, 0.2) is 11.5 Å². The fourth-order valence-corrected chi connectivity index (χ4v) is 4.15. The van der Waals surface area contributed by atoms with E-state index in [-0.39, 0.29) is 28.4 Å². The molecule has 2 fully saturated rings. The van der Waals surface area contributed by atoms with Gasteiger partial charge >= 0.3 is 0 Å². The summed E-state index contributed by atoms with van der Waals surface area (Å²) in [6.45, 7) is -3.12. The van der Waals surface area contributed by atoms with Crippen LogP contribution >= 0.6 is 11.6 Å². The second-order valence-electron chi connectivity index (χ2n) is 7.53. The van der Waals surface area contributed by atoms with Gasteiger partial charge in [-0.25, -0.2) is 0 Å². The molecular formula is C21H22ClN3O4. The van der Waals surface area contributed by atoms with Crippen LogP contribution in [0, 0.1) is 5.92 Å². The molecule has 1 aromatic carbocycles. The lowest BCUT2D eigenvalue weighted by Crippen LogP contribution is -2.40. The molecule has 3 aliphatic rings. The van der Waals surface area contributed by atoms with Gasteiger partial charge in [-0.2, -0.15) is 0 Å². The van der Waals surface area contributed by atoms with Crippen molar-refractivity contribution < 1.29 is 24.3 Å². The van der Waals surface area contributed by atoms with E-state index in [1.807, 2.05) is 11.8 Å². The molecule has 1 aromatic heterocycles. The second kappa shape index (κ2) is 7.15. The van der Waals surface area contributed by atoms with Gasteiger partial charge in [0.05, 0.1) is 29.3 Å². The summed E-state index contributed by atoms with van der Waals surface area (Å²) in [6, 6.07) is 4.81. The van der Waals surface area contributed by atoms with E-state index in [9.17, 15) is 9.59 Å². The van der Waals surface area contributed by atoms with E-state index < -0.39 is 32.1 Å².